The van der Waals surface area contributed by atoms with Crippen molar-refractivity contribution >= 4 is 17.3 Å². The number of aliphatic imine (C=N–C) groups is 1. The van der Waals surface area contributed by atoms with Crippen LogP contribution in [0.4, 0.5) is 0 Å². The molecule has 3 rings (SSSR count). The zero-order valence-electron chi connectivity index (χ0n) is 17.5. The van der Waals surface area contributed by atoms with Gasteiger partial charge in [-0.3, -0.25) is 14.8 Å². The standard InChI is InChI=1S/C21H37N5OS/c1-3-18(25-9-5-6-10-25)16-23-21(22-4-2)24-17-19(20-8-7-15-28-20)26-11-13-27-14-12-26/h7-8,15,18-19H,3-6,9-14,16-17H2,1-2H3,(H2,22,23,24). The average Bonchev–Trinajstić information content (AvgIpc) is 3.44. The van der Waals surface area contributed by atoms with Gasteiger partial charge in [0, 0.05) is 37.1 Å². The third-order valence-corrected chi connectivity index (χ3v) is 6.73. The van der Waals surface area contributed by atoms with E-state index in [0.29, 0.717) is 12.1 Å². The summed E-state index contributed by atoms with van der Waals surface area (Å²) in [5.74, 6) is 0.940. The fourth-order valence-electron chi connectivity index (χ4n) is 4.12. The molecule has 0 saturated carbocycles. The van der Waals surface area contributed by atoms with Crippen molar-refractivity contribution in [3.05, 3.63) is 22.4 Å². The van der Waals surface area contributed by atoms with E-state index in [4.69, 9.17) is 9.73 Å². The third kappa shape index (κ3) is 6.17. The molecule has 0 amide bonds. The van der Waals surface area contributed by atoms with Crippen molar-refractivity contribution < 1.29 is 4.74 Å². The number of ether oxygens (including phenoxy) is 1. The van der Waals surface area contributed by atoms with Gasteiger partial charge in [-0.2, -0.15) is 0 Å². The van der Waals surface area contributed by atoms with Crippen molar-refractivity contribution in [2.45, 2.75) is 45.2 Å². The Morgan fingerprint density at radius 3 is 2.57 bits per heavy atom. The van der Waals surface area contributed by atoms with E-state index in [2.05, 4.69) is 51.8 Å². The molecule has 0 spiro atoms. The van der Waals surface area contributed by atoms with E-state index in [-0.39, 0.29) is 0 Å². The van der Waals surface area contributed by atoms with Crippen LogP contribution in [0.25, 0.3) is 0 Å². The number of guanidine groups is 1. The maximum atomic E-state index is 5.56. The van der Waals surface area contributed by atoms with Gasteiger partial charge in [-0.25, -0.2) is 0 Å². The summed E-state index contributed by atoms with van der Waals surface area (Å²) in [5, 5.41) is 9.23. The molecule has 7 heteroatoms. The average molecular weight is 408 g/mol. The molecule has 2 N–H and O–H groups in total. The topological polar surface area (TPSA) is 52.1 Å². The first-order valence-electron chi connectivity index (χ1n) is 10.9. The Balaban J connectivity index is 1.60. The molecule has 0 radical (unpaired) electrons. The lowest BCUT2D eigenvalue weighted by atomic mass is 10.2. The van der Waals surface area contributed by atoms with Gasteiger partial charge in [0.15, 0.2) is 5.96 Å². The van der Waals surface area contributed by atoms with Gasteiger partial charge >= 0.3 is 0 Å². The predicted octanol–water partition coefficient (Wildman–Crippen LogP) is 2.55. The quantitative estimate of drug-likeness (QED) is 0.487. The highest BCUT2D eigenvalue weighted by Gasteiger charge is 2.24. The smallest absolute Gasteiger partial charge is 0.191 e. The van der Waals surface area contributed by atoms with E-state index in [1.807, 2.05) is 11.3 Å². The van der Waals surface area contributed by atoms with Crippen LogP contribution in [0.5, 0.6) is 0 Å². The van der Waals surface area contributed by atoms with E-state index in [0.717, 1.165) is 58.3 Å². The number of nitrogens with one attached hydrogen (secondary N) is 2. The molecule has 6 nitrogen and oxygen atoms in total. The lowest BCUT2D eigenvalue weighted by Crippen LogP contribution is -2.46. The first-order valence-corrected chi connectivity index (χ1v) is 11.8. The van der Waals surface area contributed by atoms with Gasteiger partial charge in [0.2, 0.25) is 0 Å². The molecule has 3 heterocycles. The fraction of sp³-hybridized carbons (Fsp3) is 0.762. The van der Waals surface area contributed by atoms with Crippen LogP contribution in [0.1, 0.15) is 44.0 Å². The SMILES string of the molecule is CCNC(=NCC(CC)N1CCCC1)NCC(c1cccs1)N1CCOCC1. The summed E-state index contributed by atoms with van der Waals surface area (Å²) in [4.78, 5) is 11.5. The van der Waals surface area contributed by atoms with E-state index in [1.54, 1.807) is 0 Å². The summed E-state index contributed by atoms with van der Waals surface area (Å²) < 4.78 is 5.56. The molecule has 1 aromatic rings. The lowest BCUT2D eigenvalue weighted by molar-refractivity contribution is 0.0177. The maximum absolute atomic E-state index is 5.56. The summed E-state index contributed by atoms with van der Waals surface area (Å²) in [6.07, 6.45) is 3.83. The largest absolute Gasteiger partial charge is 0.379 e. The van der Waals surface area contributed by atoms with Crippen LogP contribution in [0.15, 0.2) is 22.5 Å². The Labute approximate surface area is 174 Å². The Kier molecular flexibility index (Phi) is 9.05. The molecule has 0 bridgehead atoms. The summed E-state index contributed by atoms with van der Waals surface area (Å²) in [6.45, 7) is 13.1. The normalized spacial score (nSPS) is 21.6. The monoisotopic (exact) mass is 407 g/mol. The molecule has 28 heavy (non-hydrogen) atoms. The van der Waals surface area contributed by atoms with Crippen LogP contribution in [0.3, 0.4) is 0 Å². The number of thiophene rings is 1. The van der Waals surface area contributed by atoms with Gasteiger partial charge in [0.1, 0.15) is 0 Å². The fourth-order valence-corrected chi connectivity index (χ4v) is 4.98. The molecular formula is C21H37N5OS. The zero-order valence-corrected chi connectivity index (χ0v) is 18.3. The Hall–Kier alpha value is -1.15. The highest BCUT2D eigenvalue weighted by atomic mass is 32.1. The van der Waals surface area contributed by atoms with Crippen LogP contribution >= 0.6 is 11.3 Å². The minimum absolute atomic E-state index is 0.369. The van der Waals surface area contributed by atoms with Gasteiger partial charge in [0.25, 0.3) is 0 Å². The minimum Gasteiger partial charge on any atom is -0.379 e. The number of likely N-dealkylation sites (tertiary alicyclic amines) is 1. The van der Waals surface area contributed by atoms with E-state index in [1.165, 1.54) is 30.8 Å². The van der Waals surface area contributed by atoms with Gasteiger partial charge < -0.3 is 15.4 Å². The van der Waals surface area contributed by atoms with Crippen LogP contribution < -0.4 is 10.6 Å². The lowest BCUT2D eigenvalue weighted by Gasteiger charge is -2.34. The number of rotatable bonds is 9. The van der Waals surface area contributed by atoms with E-state index < -0.39 is 0 Å². The minimum atomic E-state index is 0.369. The molecule has 2 fully saturated rings. The van der Waals surface area contributed by atoms with E-state index >= 15 is 0 Å². The zero-order chi connectivity index (χ0) is 19.6. The second-order valence-electron chi connectivity index (χ2n) is 7.59. The predicted molar refractivity (Wildman–Crippen MR) is 118 cm³/mol. The van der Waals surface area contributed by atoms with Gasteiger partial charge in [-0.05, 0) is 50.7 Å². The van der Waals surface area contributed by atoms with Crippen molar-refractivity contribution in [3.63, 3.8) is 0 Å². The highest BCUT2D eigenvalue weighted by Crippen LogP contribution is 2.25. The second-order valence-corrected chi connectivity index (χ2v) is 8.56. The number of morpholine rings is 1. The van der Waals surface area contributed by atoms with Gasteiger partial charge in [-0.1, -0.05) is 13.0 Å². The first-order chi connectivity index (χ1) is 13.8. The third-order valence-electron chi connectivity index (χ3n) is 5.75. The van der Waals surface area contributed by atoms with Crippen molar-refractivity contribution in [3.8, 4) is 0 Å². The van der Waals surface area contributed by atoms with Crippen molar-refractivity contribution in [2.24, 2.45) is 4.99 Å². The summed E-state index contributed by atoms with van der Waals surface area (Å²) in [7, 11) is 0. The Morgan fingerprint density at radius 1 is 1.14 bits per heavy atom. The number of hydrogen-bond donors (Lipinski definition) is 2. The van der Waals surface area contributed by atoms with Crippen LogP contribution in [0.2, 0.25) is 0 Å². The molecule has 2 aliphatic rings. The van der Waals surface area contributed by atoms with Gasteiger partial charge in [-0.15, -0.1) is 11.3 Å². The van der Waals surface area contributed by atoms with Crippen LogP contribution in [0, 0.1) is 0 Å². The van der Waals surface area contributed by atoms with Gasteiger partial charge in [0.05, 0.1) is 25.8 Å². The molecule has 2 saturated heterocycles. The number of nitrogens with zero attached hydrogens (tertiary/aromatic N) is 3. The summed E-state index contributed by atoms with van der Waals surface area (Å²) >= 11 is 1.84. The molecule has 2 unspecified atom stereocenters. The summed E-state index contributed by atoms with van der Waals surface area (Å²) in [6, 6.07) is 5.32. The molecule has 2 aliphatic heterocycles. The number of hydrogen-bond acceptors (Lipinski definition) is 5. The van der Waals surface area contributed by atoms with Crippen molar-refractivity contribution in [2.75, 3.05) is 59.0 Å². The van der Waals surface area contributed by atoms with Crippen LogP contribution in [-0.4, -0.2) is 80.8 Å². The molecule has 0 aliphatic carbocycles. The summed E-state index contributed by atoms with van der Waals surface area (Å²) in [5.41, 5.74) is 0. The molecular weight excluding hydrogens is 370 g/mol. The van der Waals surface area contributed by atoms with Crippen molar-refractivity contribution in [1.29, 1.82) is 0 Å². The first kappa shape index (κ1) is 21.6. The Bertz CT molecular complexity index is 567. The molecule has 0 aromatic carbocycles. The molecule has 158 valence electrons. The van der Waals surface area contributed by atoms with E-state index in [9.17, 15) is 0 Å². The maximum Gasteiger partial charge on any atom is 0.191 e. The highest BCUT2D eigenvalue weighted by molar-refractivity contribution is 7.10. The molecule has 2 atom stereocenters. The molecule has 1 aromatic heterocycles. The van der Waals surface area contributed by atoms with Crippen molar-refractivity contribution in [1.82, 2.24) is 20.4 Å². The second kappa shape index (κ2) is 11.8. The van der Waals surface area contributed by atoms with Crippen LogP contribution in [-0.2, 0) is 4.74 Å². The Morgan fingerprint density at radius 2 is 1.93 bits per heavy atom.